The number of ketones is 1. The average molecular weight is 247 g/mol. The molecule has 3 heteroatoms. The molecule has 2 aliphatic carbocycles. The van der Waals surface area contributed by atoms with Gasteiger partial charge >= 0.3 is 0 Å². The third-order valence-electron chi connectivity index (χ3n) is 4.87. The van der Waals surface area contributed by atoms with Gasteiger partial charge in [-0.2, -0.15) is 5.26 Å². The summed E-state index contributed by atoms with van der Waals surface area (Å²) in [4.78, 5) is 12.3. The van der Waals surface area contributed by atoms with Gasteiger partial charge in [-0.25, -0.2) is 0 Å². The van der Waals surface area contributed by atoms with Crippen LogP contribution in [0.4, 0.5) is 0 Å². The van der Waals surface area contributed by atoms with Gasteiger partial charge in [0, 0.05) is 12.5 Å². The fourth-order valence-corrected chi connectivity index (χ4v) is 3.95. The first-order valence-electron chi connectivity index (χ1n) is 6.55. The molecule has 0 aromatic carbocycles. The molecule has 0 aliphatic heterocycles. The number of Topliss-reactive ketones (excluding diaryl/α,β-unsaturated/α-hetero) is 1. The molecule has 2 aliphatic rings. The number of fused-ring (bicyclic) bond motifs is 1. The molecule has 3 nitrogen and oxygen atoms in total. The van der Waals surface area contributed by atoms with Crippen LogP contribution in [0.3, 0.4) is 0 Å². The summed E-state index contributed by atoms with van der Waals surface area (Å²) in [7, 11) is 1.74. The normalized spacial score (nSPS) is 38.6. The Morgan fingerprint density at radius 3 is 2.61 bits per heavy atom. The lowest BCUT2D eigenvalue weighted by molar-refractivity contribution is -0.133. The van der Waals surface area contributed by atoms with Crippen LogP contribution in [-0.4, -0.2) is 19.0 Å². The molecular weight excluding hydrogens is 226 g/mol. The fourth-order valence-electron chi connectivity index (χ4n) is 3.95. The number of carbonyl (C=O) groups excluding carboxylic acids is 1. The summed E-state index contributed by atoms with van der Waals surface area (Å²) in [5.74, 6) is 0.310. The highest BCUT2D eigenvalue weighted by Crippen LogP contribution is 2.55. The van der Waals surface area contributed by atoms with Crippen LogP contribution in [0.15, 0.2) is 11.6 Å². The van der Waals surface area contributed by atoms with E-state index in [2.05, 4.69) is 13.0 Å². The van der Waals surface area contributed by atoms with Crippen molar-refractivity contribution >= 4 is 5.78 Å². The van der Waals surface area contributed by atoms with Crippen molar-refractivity contribution in [2.45, 2.75) is 46.1 Å². The Balaban J connectivity index is 2.46. The van der Waals surface area contributed by atoms with E-state index in [-0.39, 0.29) is 17.3 Å². The van der Waals surface area contributed by atoms with Crippen molar-refractivity contribution in [1.29, 1.82) is 5.26 Å². The highest BCUT2D eigenvalue weighted by Gasteiger charge is 2.53. The van der Waals surface area contributed by atoms with Crippen molar-refractivity contribution in [3.05, 3.63) is 11.6 Å². The highest BCUT2D eigenvalue weighted by molar-refractivity contribution is 6.04. The molecule has 0 spiro atoms. The maximum atomic E-state index is 12.3. The minimum atomic E-state index is -0.437. The first kappa shape index (κ1) is 13.3. The van der Waals surface area contributed by atoms with Gasteiger partial charge in [0.1, 0.15) is 6.07 Å². The van der Waals surface area contributed by atoms with Gasteiger partial charge in [0.05, 0.1) is 11.7 Å². The quantitative estimate of drug-likeness (QED) is 0.716. The van der Waals surface area contributed by atoms with Crippen LogP contribution in [0.1, 0.15) is 40.0 Å². The molecule has 3 atom stereocenters. The predicted octanol–water partition coefficient (Wildman–Crippen LogP) is 2.87. The summed E-state index contributed by atoms with van der Waals surface area (Å²) < 4.78 is 5.47. The van der Waals surface area contributed by atoms with Crippen LogP contribution in [0.25, 0.3) is 0 Å². The molecule has 0 saturated heterocycles. The van der Waals surface area contributed by atoms with Crippen molar-refractivity contribution in [2.24, 2.45) is 16.7 Å². The second-order valence-electron chi connectivity index (χ2n) is 6.42. The monoisotopic (exact) mass is 247 g/mol. The number of nitriles is 1. The Labute approximate surface area is 109 Å². The maximum Gasteiger partial charge on any atom is 0.178 e. The first-order valence-corrected chi connectivity index (χ1v) is 6.55. The van der Waals surface area contributed by atoms with E-state index in [1.54, 1.807) is 7.11 Å². The molecule has 0 radical (unpaired) electrons. The Morgan fingerprint density at radius 1 is 1.39 bits per heavy atom. The van der Waals surface area contributed by atoms with Crippen molar-refractivity contribution in [3.8, 4) is 6.07 Å². The van der Waals surface area contributed by atoms with Crippen molar-refractivity contribution in [2.75, 3.05) is 7.11 Å². The number of hydrogen-bond acceptors (Lipinski definition) is 3. The lowest BCUT2D eigenvalue weighted by atomic mass is 9.52. The summed E-state index contributed by atoms with van der Waals surface area (Å²) >= 11 is 0. The van der Waals surface area contributed by atoms with Gasteiger partial charge in [0.15, 0.2) is 5.78 Å². The molecule has 0 bridgehead atoms. The van der Waals surface area contributed by atoms with Crippen LogP contribution in [-0.2, 0) is 9.53 Å². The summed E-state index contributed by atoms with van der Waals surface area (Å²) in [6, 6.07) is 2.07. The number of ether oxygens (including phenoxy) is 1. The first-order chi connectivity index (χ1) is 8.35. The SMILES string of the molecule is CO[C@@H]1CC[C@H]2C(C)(C)C(=O)C(C#N)=C[C@]2(C)C1. The van der Waals surface area contributed by atoms with Gasteiger partial charge in [-0.1, -0.05) is 26.8 Å². The fraction of sp³-hybridized carbons (Fsp3) is 0.733. The van der Waals surface area contributed by atoms with Crippen LogP contribution < -0.4 is 0 Å². The summed E-state index contributed by atoms with van der Waals surface area (Å²) in [6.07, 6.45) is 5.03. The van der Waals surface area contributed by atoms with E-state index < -0.39 is 5.41 Å². The van der Waals surface area contributed by atoms with E-state index in [4.69, 9.17) is 10.00 Å². The molecule has 1 fully saturated rings. The Hall–Kier alpha value is -1.14. The maximum absolute atomic E-state index is 12.3. The van der Waals surface area contributed by atoms with Crippen LogP contribution >= 0.6 is 0 Å². The minimum absolute atomic E-state index is 0.00309. The number of methoxy groups -OCH3 is 1. The topological polar surface area (TPSA) is 50.1 Å². The van der Waals surface area contributed by atoms with Gasteiger partial charge in [-0.15, -0.1) is 0 Å². The lowest BCUT2D eigenvalue weighted by Crippen LogP contribution is -2.50. The lowest BCUT2D eigenvalue weighted by Gasteiger charge is -2.51. The van der Waals surface area contributed by atoms with Gasteiger partial charge in [-0.05, 0) is 30.6 Å². The standard InChI is InChI=1S/C15H21NO2/c1-14(2)12-6-5-11(18-4)8-15(12,3)7-10(9-16)13(14)17/h7,11-12H,5-6,8H2,1-4H3/t11-,12+,15-/m1/s1. The number of rotatable bonds is 1. The van der Waals surface area contributed by atoms with Crippen molar-refractivity contribution in [1.82, 2.24) is 0 Å². The van der Waals surface area contributed by atoms with Crippen molar-refractivity contribution < 1.29 is 9.53 Å². The minimum Gasteiger partial charge on any atom is -0.381 e. The molecule has 0 unspecified atom stereocenters. The molecule has 1 saturated carbocycles. The molecule has 0 N–H and O–H groups in total. The van der Waals surface area contributed by atoms with Gasteiger partial charge in [0.2, 0.25) is 0 Å². The summed E-state index contributed by atoms with van der Waals surface area (Å²) in [5.41, 5.74) is -0.204. The molecule has 0 aromatic rings. The van der Waals surface area contributed by atoms with Crippen molar-refractivity contribution in [3.63, 3.8) is 0 Å². The largest absolute Gasteiger partial charge is 0.381 e. The predicted molar refractivity (Wildman–Crippen MR) is 68.7 cm³/mol. The van der Waals surface area contributed by atoms with E-state index in [9.17, 15) is 4.79 Å². The second kappa shape index (κ2) is 4.20. The average Bonchev–Trinajstić information content (AvgIpc) is 2.33. The van der Waals surface area contributed by atoms with E-state index in [1.807, 2.05) is 19.9 Å². The number of allylic oxidation sites excluding steroid dienone is 2. The molecular formula is C15H21NO2. The Kier molecular flexibility index (Phi) is 3.11. The summed E-state index contributed by atoms with van der Waals surface area (Å²) in [5, 5.41) is 9.15. The zero-order chi connectivity index (χ0) is 13.6. The zero-order valence-electron chi connectivity index (χ0n) is 11.6. The number of nitrogens with zero attached hydrogens (tertiary/aromatic N) is 1. The second-order valence-corrected chi connectivity index (χ2v) is 6.42. The molecule has 0 aromatic heterocycles. The van der Waals surface area contributed by atoms with Gasteiger partial charge in [-0.3, -0.25) is 4.79 Å². The van der Waals surface area contributed by atoms with E-state index >= 15 is 0 Å². The third kappa shape index (κ3) is 1.80. The Bertz CT molecular complexity index is 444. The zero-order valence-corrected chi connectivity index (χ0v) is 11.6. The van der Waals surface area contributed by atoms with E-state index in [0.717, 1.165) is 19.3 Å². The van der Waals surface area contributed by atoms with E-state index in [1.165, 1.54) is 0 Å². The third-order valence-corrected chi connectivity index (χ3v) is 4.87. The van der Waals surface area contributed by atoms with Crippen LogP contribution in [0.2, 0.25) is 0 Å². The van der Waals surface area contributed by atoms with Crippen LogP contribution in [0.5, 0.6) is 0 Å². The smallest absolute Gasteiger partial charge is 0.178 e. The number of carbonyl (C=O) groups is 1. The molecule has 18 heavy (non-hydrogen) atoms. The van der Waals surface area contributed by atoms with Gasteiger partial charge in [0.25, 0.3) is 0 Å². The van der Waals surface area contributed by atoms with Crippen LogP contribution in [0, 0.1) is 28.1 Å². The summed E-state index contributed by atoms with van der Waals surface area (Å²) in [6.45, 7) is 6.12. The Morgan fingerprint density at radius 2 is 2.06 bits per heavy atom. The molecule has 0 amide bonds. The molecule has 0 heterocycles. The molecule has 98 valence electrons. The highest BCUT2D eigenvalue weighted by atomic mass is 16.5. The number of hydrogen-bond donors (Lipinski definition) is 0. The van der Waals surface area contributed by atoms with E-state index in [0.29, 0.717) is 11.5 Å². The van der Waals surface area contributed by atoms with Gasteiger partial charge < -0.3 is 4.74 Å². The molecule has 2 rings (SSSR count).